The van der Waals surface area contributed by atoms with Gasteiger partial charge in [0.15, 0.2) is 0 Å². The number of pyridine rings is 6. The van der Waals surface area contributed by atoms with Gasteiger partial charge in [-0.1, -0.05) is 234 Å². The molecule has 0 aliphatic rings. The van der Waals surface area contributed by atoms with Crippen molar-refractivity contribution >= 4 is 71.6 Å². The van der Waals surface area contributed by atoms with Crippen molar-refractivity contribution in [2.45, 2.75) is 0 Å². The lowest BCUT2D eigenvalue weighted by Gasteiger charge is -2.18. The Morgan fingerprint density at radius 3 is 0.772 bits per heavy atom. The lowest BCUT2D eigenvalue weighted by atomic mass is 9.72. The molecule has 436 valence electrons. The second-order valence-electron chi connectivity index (χ2n) is 22.0. The van der Waals surface area contributed by atoms with Gasteiger partial charge in [0, 0.05) is 29.3 Å². The number of nitrogens with zero attached hydrogens (tertiary/aromatic N) is 6. The van der Waals surface area contributed by atoms with Crippen LogP contribution in [0.1, 0.15) is 0 Å². The van der Waals surface area contributed by atoms with Gasteiger partial charge >= 0.3 is 7.12 Å². The van der Waals surface area contributed by atoms with Gasteiger partial charge in [-0.15, -0.1) is 0 Å². The number of hydrogen-bond donors (Lipinski definition) is 2. The van der Waals surface area contributed by atoms with E-state index in [2.05, 4.69) is 188 Å². The van der Waals surface area contributed by atoms with E-state index in [9.17, 15) is 10.0 Å². The molecule has 6 aromatic heterocycles. The molecule has 2 N–H and O–H groups in total. The summed E-state index contributed by atoms with van der Waals surface area (Å²) < 4.78 is 1.06. The molecule has 8 nitrogen and oxygen atoms in total. The third-order valence-electron chi connectivity index (χ3n) is 16.3. The van der Waals surface area contributed by atoms with Crippen LogP contribution < -0.4 is 5.46 Å². The number of benzene rings is 10. The van der Waals surface area contributed by atoms with E-state index in [1.165, 1.54) is 43.8 Å². The van der Waals surface area contributed by atoms with Crippen molar-refractivity contribution in [1.82, 2.24) is 29.9 Å². The molecule has 0 saturated heterocycles. The predicted octanol–water partition coefficient (Wildman–Crippen LogP) is 19.5. The zero-order valence-corrected chi connectivity index (χ0v) is 51.3. The van der Waals surface area contributed by atoms with Gasteiger partial charge < -0.3 is 10.0 Å². The van der Waals surface area contributed by atoms with E-state index in [1.807, 2.05) is 152 Å². The Kier molecular flexibility index (Phi) is 16.9. The number of hydrogen-bond acceptors (Lipinski definition) is 8. The van der Waals surface area contributed by atoms with Crippen molar-refractivity contribution in [3.63, 3.8) is 0 Å². The molecule has 0 amide bonds. The first kappa shape index (κ1) is 58.3. The first-order chi connectivity index (χ1) is 45.4. The van der Waals surface area contributed by atoms with Crippen molar-refractivity contribution < 1.29 is 10.0 Å². The van der Waals surface area contributed by atoms with Crippen LogP contribution in [0.3, 0.4) is 0 Å². The number of rotatable bonds is 10. The third kappa shape index (κ3) is 12.2. The monoisotopic (exact) mass is 1250 g/mol. The maximum atomic E-state index is 9.94. The Hall–Kier alpha value is -11.4. The van der Waals surface area contributed by atoms with E-state index in [1.54, 1.807) is 24.8 Å². The molecule has 0 aliphatic heterocycles. The smallest absolute Gasteiger partial charge is 0.423 e. The van der Waals surface area contributed by atoms with Crippen LogP contribution in [0.15, 0.2) is 333 Å². The average Bonchev–Trinajstić information content (AvgIpc) is 0.774. The molecular weight excluding hydrogens is 1190 g/mol. The van der Waals surface area contributed by atoms with Crippen LogP contribution >= 0.6 is 15.9 Å². The van der Waals surface area contributed by atoms with Gasteiger partial charge in [0.05, 0.1) is 45.6 Å². The average molecular weight is 1250 g/mol. The van der Waals surface area contributed by atoms with Gasteiger partial charge in [-0.25, -0.2) is 9.97 Å². The van der Waals surface area contributed by atoms with E-state index in [-0.39, 0.29) is 0 Å². The molecule has 0 spiro atoms. The van der Waals surface area contributed by atoms with E-state index >= 15 is 0 Å². The Balaban J connectivity index is 0.000000130. The lowest BCUT2D eigenvalue weighted by Crippen LogP contribution is -2.31. The highest BCUT2D eigenvalue weighted by Crippen LogP contribution is 2.44. The Bertz CT molecular complexity index is 5000. The Morgan fingerprint density at radius 1 is 0.228 bits per heavy atom. The minimum atomic E-state index is -1.50. The van der Waals surface area contributed by atoms with Gasteiger partial charge in [-0.3, -0.25) is 19.9 Å². The highest BCUT2D eigenvalue weighted by atomic mass is 79.9. The molecule has 92 heavy (non-hydrogen) atoms. The SMILES string of the molecule is Brc1ccc(-c2cc(-c3ccccn3)nc(-c3ccccn3)c2)cc1.OB(O)c1c2ccccc2c(-c2ccccc2)c2ccccc12.c1ccc(-c2c3ccccc3c(-c3ccc(-c4cc(-c5ccccn5)nc(-c5ccccn5)c4)cc3)c3ccccc23)cc1. The molecule has 10 heteroatoms. The summed E-state index contributed by atoms with van der Waals surface area (Å²) in [5, 5.41) is 28.7. The fraction of sp³-hybridized carbons (Fsp3) is 0. The van der Waals surface area contributed by atoms with Crippen LogP contribution in [0.4, 0.5) is 0 Å². The number of halogens is 1. The van der Waals surface area contributed by atoms with Gasteiger partial charge in [0.1, 0.15) is 0 Å². The molecule has 0 atom stereocenters. The fourth-order valence-corrected chi connectivity index (χ4v) is 12.4. The summed E-state index contributed by atoms with van der Waals surface area (Å²) in [7, 11) is -1.50. The molecule has 6 heterocycles. The largest absolute Gasteiger partial charge is 0.489 e. The summed E-state index contributed by atoms with van der Waals surface area (Å²) >= 11 is 3.49. The molecule has 0 radical (unpaired) electrons. The first-order valence-electron chi connectivity index (χ1n) is 30.3. The maximum Gasteiger partial charge on any atom is 0.489 e. The molecule has 0 fully saturated rings. The van der Waals surface area contributed by atoms with E-state index in [0.29, 0.717) is 5.46 Å². The minimum absolute atomic E-state index is 0.566. The van der Waals surface area contributed by atoms with Crippen LogP contribution in [0, 0.1) is 0 Å². The van der Waals surface area contributed by atoms with Crippen molar-refractivity contribution in [3.05, 3.63) is 333 Å². The van der Waals surface area contributed by atoms with E-state index < -0.39 is 7.12 Å². The van der Waals surface area contributed by atoms with Crippen molar-refractivity contribution in [3.8, 4) is 101 Å². The molecule has 10 aromatic carbocycles. The molecule has 0 aliphatic carbocycles. The minimum Gasteiger partial charge on any atom is -0.423 e. The summed E-state index contributed by atoms with van der Waals surface area (Å²) in [6.07, 6.45) is 7.17. The zero-order chi connectivity index (χ0) is 62.2. The van der Waals surface area contributed by atoms with Gasteiger partial charge in [0.25, 0.3) is 0 Å². The summed E-state index contributed by atoms with van der Waals surface area (Å²) in [5.74, 6) is 0. The second-order valence-corrected chi connectivity index (χ2v) is 22.9. The molecule has 16 aromatic rings. The summed E-state index contributed by atoms with van der Waals surface area (Å²) in [6.45, 7) is 0. The molecule has 16 rings (SSSR count). The highest BCUT2D eigenvalue weighted by Gasteiger charge is 2.23. The molecule has 0 unspecified atom stereocenters. The standard InChI is InChI=1S/C41H27N3.C21H14BrN3.C20H15BO2/c1-2-12-29(13-3-1)40-32-14-4-6-16-34(32)41(35-17-7-5-15-33(35)40)30-22-20-28(21-23-30)31-26-38(36-18-8-10-24-42-36)44-39(27-31)37-19-9-11-25-43-37;22-17-9-7-15(8-10-17)16-13-20(18-5-1-3-11-23-18)25-21(14-16)19-6-2-4-12-24-19;22-21(23)20-17-12-6-4-10-15(17)19(14-8-2-1-3-9-14)16-11-5-7-13-18(16)20/h1-27H;1-14H;1-13,22-23H. The van der Waals surface area contributed by atoms with Crippen LogP contribution in [0.5, 0.6) is 0 Å². The van der Waals surface area contributed by atoms with Crippen LogP contribution in [-0.2, 0) is 0 Å². The molecular formula is C82H56BBrN6O2. The number of fused-ring (bicyclic) bond motifs is 4. The van der Waals surface area contributed by atoms with Crippen LogP contribution in [-0.4, -0.2) is 47.1 Å². The summed E-state index contributed by atoms with van der Waals surface area (Å²) in [6, 6.07) is 103. The predicted molar refractivity (Wildman–Crippen MR) is 383 cm³/mol. The third-order valence-corrected chi connectivity index (χ3v) is 16.9. The maximum absolute atomic E-state index is 9.94. The van der Waals surface area contributed by atoms with Crippen LogP contribution in [0.25, 0.3) is 144 Å². The van der Waals surface area contributed by atoms with Crippen molar-refractivity contribution in [2.75, 3.05) is 0 Å². The zero-order valence-electron chi connectivity index (χ0n) is 49.7. The topological polar surface area (TPSA) is 118 Å². The molecule has 0 saturated carbocycles. The quantitative estimate of drug-likeness (QED) is 0.103. The highest BCUT2D eigenvalue weighted by molar-refractivity contribution is 9.10. The van der Waals surface area contributed by atoms with Gasteiger partial charge in [-0.2, -0.15) is 0 Å². The van der Waals surface area contributed by atoms with Gasteiger partial charge in [0.2, 0.25) is 0 Å². The normalized spacial score (nSPS) is 11.0. The summed E-state index contributed by atoms with van der Waals surface area (Å²) in [5.41, 5.74) is 18.8. The first-order valence-corrected chi connectivity index (χ1v) is 31.1. The Labute approximate surface area is 541 Å². The van der Waals surface area contributed by atoms with E-state index in [4.69, 9.17) is 9.97 Å². The molecule has 0 bridgehead atoms. The Morgan fingerprint density at radius 2 is 0.478 bits per heavy atom. The fourth-order valence-electron chi connectivity index (χ4n) is 12.2. The van der Waals surface area contributed by atoms with Crippen molar-refractivity contribution in [1.29, 1.82) is 0 Å². The van der Waals surface area contributed by atoms with Crippen LogP contribution in [0.2, 0.25) is 0 Å². The van der Waals surface area contributed by atoms with E-state index in [0.717, 1.165) is 105 Å². The lowest BCUT2D eigenvalue weighted by molar-refractivity contribution is 0.426. The summed E-state index contributed by atoms with van der Waals surface area (Å²) in [4.78, 5) is 27.8. The van der Waals surface area contributed by atoms with Crippen molar-refractivity contribution in [2.24, 2.45) is 0 Å². The second kappa shape index (κ2) is 26.7. The number of aromatic nitrogens is 6. The van der Waals surface area contributed by atoms with Gasteiger partial charge in [-0.05, 0) is 189 Å².